The van der Waals surface area contributed by atoms with Gasteiger partial charge in [-0.2, -0.15) is 4.98 Å². The molecule has 1 heterocycles. The second kappa shape index (κ2) is 3.34. The predicted octanol–water partition coefficient (Wildman–Crippen LogP) is 0.869. The van der Waals surface area contributed by atoms with Crippen LogP contribution in [0.5, 0.6) is 0 Å². The number of hydrogen-bond acceptors (Lipinski definition) is 5. The molecule has 1 atom stereocenters. The van der Waals surface area contributed by atoms with E-state index in [4.69, 9.17) is 10.4 Å². The molecular formula is C6H12N4O. The second-order valence-electron chi connectivity index (χ2n) is 2.41. The monoisotopic (exact) mass is 156 g/mol. The fourth-order valence-electron chi connectivity index (χ4n) is 0.676. The number of nitrogens with two attached hydrogens (primary N) is 1. The number of nitrogens with zero attached hydrogens (tertiary/aromatic N) is 2. The molecule has 3 N–H and O–H groups in total. The summed E-state index contributed by atoms with van der Waals surface area (Å²) in [6.07, 6.45) is 0.990. The van der Waals surface area contributed by atoms with Crippen molar-refractivity contribution in [3.8, 4) is 0 Å². The number of nitrogens with one attached hydrogen (secondary N) is 1. The molecular weight excluding hydrogens is 144 g/mol. The largest absolute Gasteiger partial charge is 0.335 e. The van der Waals surface area contributed by atoms with Crippen LogP contribution in [0.3, 0.4) is 0 Å². The third-order valence-corrected chi connectivity index (χ3v) is 1.62. The summed E-state index contributed by atoms with van der Waals surface area (Å²) in [6, 6.07) is 0.264. The highest BCUT2D eigenvalue weighted by Gasteiger charge is 2.10. The Bertz CT molecular complexity index is 222. The number of hydrazine groups is 1. The van der Waals surface area contributed by atoms with E-state index in [1.54, 1.807) is 0 Å². The minimum Gasteiger partial charge on any atom is -0.314 e. The van der Waals surface area contributed by atoms with Crippen molar-refractivity contribution in [2.75, 3.05) is 5.43 Å². The quantitative estimate of drug-likeness (QED) is 0.501. The third-order valence-electron chi connectivity index (χ3n) is 1.62. The Morgan fingerprint density at radius 1 is 1.73 bits per heavy atom. The molecule has 0 aliphatic carbocycles. The molecule has 0 saturated heterocycles. The van der Waals surface area contributed by atoms with Gasteiger partial charge in [0.15, 0.2) is 5.82 Å². The van der Waals surface area contributed by atoms with Crippen molar-refractivity contribution < 1.29 is 4.52 Å². The van der Waals surface area contributed by atoms with E-state index in [1.807, 2.05) is 6.92 Å². The van der Waals surface area contributed by atoms with Crippen molar-refractivity contribution >= 4 is 6.01 Å². The van der Waals surface area contributed by atoms with Crippen LogP contribution in [0.4, 0.5) is 6.01 Å². The molecule has 5 heteroatoms. The van der Waals surface area contributed by atoms with Crippen molar-refractivity contribution in [1.29, 1.82) is 0 Å². The Hall–Kier alpha value is -1.10. The average Bonchev–Trinajstić information content (AvgIpc) is 2.50. The van der Waals surface area contributed by atoms with E-state index >= 15 is 0 Å². The molecule has 1 aromatic heterocycles. The maximum Gasteiger partial charge on any atom is 0.335 e. The molecule has 0 aromatic carbocycles. The van der Waals surface area contributed by atoms with E-state index in [-0.39, 0.29) is 6.01 Å². The van der Waals surface area contributed by atoms with Crippen LogP contribution in [0.1, 0.15) is 32.0 Å². The van der Waals surface area contributed by atoms with Crippen molar-refractivity contribution in [3.63, 3.8) is 0 Å². The van der Waals surface area contributed by atoms with Crippen LogP contribution in [0.25, 0.3) is 0 Å². The summed E-state index contributed by atoms with van der Waals surface area (Å²) < 4.78 is 4.74. The summed E-state index contributed by atoms with van der Waals surface area (Å²) in [5.41, 5.74) is 2.29. The lowest BCUT2D eigenvalue weighted by atomic mass is 10.1. The van der Waals surface area contributed by atoms with E-state index < -0.39 is 0 Å². The van der Waals surface area contributed by atoms with Crippen molar-refractivity contribution in [2.45, 2.75) is 26.2 Å². The molecule has 0 radical (unpaired) electrons. The Balaban J connectivity index is 2.71. The van der Waals surface area contributed by atoms with E-state index in [9.17, 15) is 0 Å². The van der Waals surface area contributed by atoms with Crippen LogP contribution in [-0.2, 0) is 0 Å². The van der Waals surface area contributed by atoms with E-state index in [1.165, 1.54) is 0 Å². The summed E-state index contributed by atoms with van der Waals surface area (Å²) in [4.78, 5) is 3.99. The van der Waals surface area contributed by atoms with E-state index in [0.717, 1.165) is 6.42 Å². The number of rotatable bonds is 3. The highest BCUT2D eigenvalue weighted by atomic mass is 16.5. The average molecular weight is 156 g/mol. The summed E-state index contributed by atoms with van der Waals surface area (Å²) in [5.74, 6) is 6.07. The van der Waals surface area contributed by atoms with E-state index in [0.29, 0.717) is 11.7 Å². The molecule has 5 nitrogen and oxygen atoms in total. The molecule has 0 aliphatic rings. The fourth-order valence-corrected chi connectivity index (χ4v) is 0.676. The Morgan fingerprint density at radius 2 is 2.45 bits per heavy atom. The normalized spacial score (nSPS) is 13.0. The first-order valence-electron chi connectivity index (χ1n) is 3.58. The zero-order valence-electron chi connectivity index (χ0n) is 6.66. The Kier molecular flexibility index (Phi) is 2.43. The summed E-state index contributed by atoms with van der Waals surface area (Å²) >= 11 is 0. The van der Waals surface area contributed by atoms with Gasteiger partial charge in [-0.25, -0.2) is 5.84 Å². The van der Waals surface area contributed by atoms with Crippen LogP contribution in [0, 0.1) is 0 Å². The van der Waals surface area contributed by atoms with Gasteiger partial charge in [-0.15, -0.1) is 0 Å². The summed E-state index contributed by atoms with van der Waals surface area (Å²) in [6.45, 7) is 4.10. The molecule has 0 saturated carbocycles. The minimum atomic E-state index is 0.264. The van der Waals surface area contributed by atoms with Crippen LogP contribution in [0.15, 0.2) is 4.52 Å². The Morgan fingerprint density at radius 3 is 2.91 bits per heavy atom. The molecule has 1 unspecified atom stereocenters. The van der Waals surface area contributed by atoms with Gasteiger partial charge in [0.2, 0.25) is 0 Å². The van der Waals surface area contributed by atoms with Crippen molar-refractivity contribution in [3.05, 3.63) is 5.82 Å². The van der Waals surface area contributed by atoms with Gasteiger partial charge in [0, 0.05) is 5.92 Å². The maximum atomic E-state index is 5.06. The van der Waals surface area contributed by atoms with Crippen molar-refractivity contribution in [1.82, 2.24) is 10.1 Å². The van der Waals surface area contributed by atoms with Gasteiger partial charge in [-0.1, -0.05) is 19.0 Å². The second-order valence-corrected chi connectivity index (χ2v) is 2.41. The Labute approximate surface area is 64.9 Å². The molecule has 0 bridgehead atoms. The van der Waals surface area contributed by atoms with E-state index in [2.05, 4.69) is 22.5 Å². The molecule has 62 valence electrons. The van der Waals surface area contributed by atoms with Gasteiger partial charge >= 0.3 is 6.01 Å². The first-order chi connectivity index (χ1) is 5.27. The summed E-state index contributed by atoms with van der Waals surface area (Å²) in [5, 5.41) is 3.73. The van der Waals surface area contributed by atoms with Gasteiger partial charge in [-0.05, 0) is 6.42 Å². The van der Waals surface area contributed by atoms with Gasteiger partial charge < -0.3 is 4.52 Å². The predicted molar refractivity (Wildman–Crippen MR) is 40.8 cm³/mol. The lowest BCUT2D eigenvalue weighted by Gasteiger charge is -1.98. The topological polar surface area (TPSA) is 77.0 Å². The third kappa shape index (κ3) is 1.68. The zero-order chi connectivity index (χ0) is 8.27. The van der Waals surface area contributed by atoms with Gasteiger partial charge in [-0.3, -0.25) is 5.43 Å². The minimum absolute atomic E-state index is 0.264. The number of nitrogen functional groups attached to an aromatic ring is 1. The molecule has 1 aromatic rings. The SMILES string of the molecule is CCC(C)c1noc(NN)n1. The van der Waals surface area contributed by atoms with Gasteiger partial charge in [0.1, 0.15) is 0 Å². The first kappa shape index (κ1) is 8.00. The summed E-state index contributed by atoms with van der Waals surface area (Å²) in [7, 11) is 0. The smallest absolute Gasteiger partial charge is 0.314 e. The van der Waals surface area contributed by atoms with Gasteiger partial charge in [0.05, 0.1) is 0 Å². The van der Waals surface area contributed by atoms with Crippen molar-refractivity contribution in [2.24, 2.45) is 5.84 Å². The van der Waals surface area contributed by atoms with Crippen LogP contribution in [-0.4, -0.2) is 10.1 Å². The number of aromatic nitrogens is 2. The molecule has 0 fully saturated rings. The number of anilines is 1. The zero-order valence-corrected chi connectivity index (χ0v) is 6.66. The molecule has 0 spiro atoms. The maximum absolute atomic E-state index is 5.06. The molecule has 0 amide bonds. The molecule has 11 heavy (non-hydrogen) atoms. The van der Waals surface area contributed by atoms with Crippen LogP contribution >= 0.6 is 0 Å². The van der Waals surface area contributed by atoms with Crippen LogP contribution < -0.4 is 11.3 Å². The van der Waals surface area contributed by atoms with Gasteiger partial charge in [0.25, 0.3) is 0 Å². The standard InChI is InChI=1S/C6H12N4O/c1-3-4(2)5-8-6(9-7)11-10-5/h4H,3,7H2,1-2H3,(H,8,9,10). The molecule has 1 rings (SSSR count). The highest BCUT2D eigenvalue weighted by molar-refractivity contribution is 5.15. The van der Waals surface area contributed by atoms with Crippen LogP contribution in [0.2, 0.25) is 0 Å². The first-order valence-corrected chi connectivity index (χ1v) is 3.58. The molecule has 0 aliphatic heterocycles. The number of hydrogen-bond donors (Lipinski definition) is 2. The highest BCUT2D eigenvalue weighted by Crippen LogP contribution is 2.15. The lowest BCUT2D eigenvalue weighted by Crippen LogP contribution is -2.06. The fraction of sp³-hybridized carbons (Fsp3) is 0.667. The lowest BCUT2D eigenvalue weighted by molar-refractivity contribution is 0.417.